The molecule has 8 heteroatoms. The number of hydrogen-bond acceptors (Lipinski definition) is 5. The normalized spacial score (nSPS) is 16.0. The molecule has 188 valence electrons. The summed E-state index contributed by atoms with van der Waals surface area (Å²) in [6.07, 6.45) is 4.33. The van der Waals surface area contributed by atoms with E-state index >= 15 is 0 Å². The molecule has 2 amide bonds. The number of carbonyl (C=O) groups excluding carboxylic acids is 2. The Bertz CT molecular complexity index is 1390. The molecule has 3 heterocycles. The van der Waals surface area contributed by atoms with Gasteiger partial charge < -0.3 is 20.5 Å². The van der Waals surface area contributed by atoms with E-state index < -0.39 is 0 Å². The van der Waals surface area contributed by atoms with Crippen molar-refractivity contribution < 1.29 is 9.59 Å². The number of nitrogen functional groups attached to an aromatic ring is 1. The van der Waals surface area contributed by atoms with Crippen LogP contribution in [0.2, 0.25) is 0 Å². The summed E-state index contributed by atoms with van der Waals surface area (Å²) in [4.78, 5) is 30.9. The first-order valence-electron chi connectivity index (χ1n) is 12.7. The molecule has 2 aromatic heterocycles. The first-order chi connectivity index (χ1) is 17.5. The van der Waals surface area contributed by atoms with Gasteiger partial charge in [-0.05, 0) is 60.9 Å². The zero-order valence-corrected chi connectivity index (χ0v) is 21.5. The molecule has 3 N–H and O–H groups in total. The number of carbonyl (C=O) groups is 2. The van der Waals surface area contributed by atoms with Crippen molar-refractivity contribution in [2.75, 3.05) is 25.4 Å². The summed E-state index contributed by atoms with van der Waals surface area (Å²) in [5.74, 6) is 0.522. The summed E-state index contributed by atoms with van der Waals surface area (Å²) in [5, 5.41) is 4.72. The smallest absolute Gasteiger partial charge is 0.222 e. The van der Waals surface area contributed by atoms with Gasteiger partial charge in [-0.1, -0.05) is 35.6 Å². The number of anilines is 1. The summed E-state index contributed by atoms with van der Waals surface area (Å²) < 4.78 is 3.43. The fourth-order valence-corrected chi connectivity index (χ4v) is 6.15. The third-order valence-electron chi connectivity index (χ3n) is 7.07. The van der Waals surface area contributed by atoms with Gasteiger partial charge in [-0.25, -0.2) is 4.98 Å². The van der Waals surface area contributed by atoms with Gasteiger partial charge >= 0.3 is 0 Å². The number of thiazole rings is 1. The summed E-state index contributed by atoms with van der Waals surface area (Å²) in [6, 6.07) is 16.9. The highest BCUT2D eigenvalue weighted by atomic mass is 32.1. The van der Waals surface area contributed by atoms with Crippen LogP contribution in [0.1, 0.15) is 49.8 Å². The average Bonchev–Trinajstić information content (AvgIpc) is 3.43. The number of hydrogen-bond donors (Lipinski definition) is 2. The van der Waals surface area contributed by atoms with Gasteiger partial charge in [0.25, 0.3) is 0 Å². The van der Waals surface area contributed by atoms with Crippen LogP contribution in [-0.2, 0) is 22.6 Å². The Morgan fingerprint density at radius 2 is 2.06 bits per heavy atom. The molecule has 1 unspecified atom stereocenters. The minimum Gasteiger partial charge on any atom is -0.375 e. The highest BCUT2D eigenvalue weighted by molar-refractivity contribution is 7.22. The van der Waals surface area contributed by atoms with Gasteiger partial charge in [-0.3, -0.25) is 9.59 Å². The number of rotatable bonds is 8. The van der Waals surface area contributed by atoms with E-state index in [-0.39, 0.29) is 11.8 Å². The second-order valence-electron chi connectivity index (χ2n) is 9.65. The van der Waals surface area contributed by atoms with Crippen molar-refractivity contribution in [1.82, 2.24) is 19.8 Å². The van der Waals surface area contributed by atoms with Crippen LogP contribution in [0, 0.1) is 0 Å². The molecule has 1 saturated heterocycles. The molecule has 0 aliphatic carbocycles. The second-order valence-corrected chi connectivity index (χ2v) is 10.7. The van der Waals surface area contributed by atoms with Crippen LogP contribution in [0.25, 0.3) is 21.1 Å². The number of nitrogens with two attached hydrogens (primary N) is 1. The fourth-order valence-electron chi connectivity index (χ4n) is 5.35. The van der Waals surface area contributed by atoms with Crippen molar-refractivity contribution in [3.63, 3.8) is 0 Å². The van der Waals surface area contributed by atoms with E-state index in [9.17, 15) is 9.59 Å². The summed E-state index contributed by atoms with van der Waals surface area (Å²) in [6.45, 7) is 4.45. The van der Waals surface area contributed by atoms with E-state index in [1.54, 1.807) is 6.92 Å². The number of aryl methyl sites for hydroxylation is 1. The largest absolute Gasteiger partial charge is 0.375 e. The van der Waals surface area contributed by atoms with Crippen molar-refractivity contribution in [3.8, 4) is 0 Å². The lowest BCUT2D eigenvalue weighted by Crippen LogP contribution is -2.39. The number of aromatic nitrogens is 2. The number of fused-ring (bicyclic) bond motifs is 2. The van der Waals surface area contributed by atoms with E-state index in [2.05, 4.69) is 62.2 Å². The molecular formula is C28H33N5O2S. The lowest BCUT2D eigenvalue weighted by molar-refractivity contribution is -0.132. The average molecular weight is 504 g/mol. The third kappa shape index (κ3) is 5.38. The van der Waals surface area contributed by atoms with Crippen LogP contribution in [0.3, 0.4) is 0 Å². The first kappa shape index (κ1) is 24.3. The number of nitrogens with zero attached hydrogens (tertiary/aromatic N) is 3. The Kier molecular flexibility index (Phi) is 7.23. The standard InChI is InChI=1S/C28H33N5O2S/c1-19(34)30-13-15-33-24-9-3-2-7-21(24)17-25(33)22-8-5-14-32(18-22)27(35)10-4-6-20-11-12-23-26(16-20)36-28(29)31-23/h2-3,7,9,11-12,16-17,22H,4-6,8,10,13-15,18H2,1H3,(H2,29,31)(H,30,34). The van der Waals surface area contributed by atoms with Crippen LogP contribution in [0.4, 0.5) is 5.13 Å². The number of amides is 2. The maximum atomic E-state index is 13.1. The Balaban J connectivity index is 1.23. The Morgan fingerprint density at radius 1 is 1.19 bits per heavy atom. The van der Waals surface area contributed by atoms with Gasteiger partial charge in [0, 0.05) is 56.7 Å². The minimum atomic E-state index is -0.0152. The summed E-state index contributed by atoms with van der Waals surface area (Å²) in [5.41, 5.74) is 10.4. The Labute approximate surface area is 215 Å². The van der Waals surface area contributed by atoms with Crippen LogP contribution in [0.15, 0.2) is 48.5 Å². The molecule has 0 spiro atoms. The Morgan fingerprint density at radius 3 is 2.92 bits per heavy atom. The van der Waals surface area contributed by atoms with Gasteiger partial charge in [0.05, 0.1) is 10.2 Å². The van der Waals surface area contributed by atoms with E-state index in [0.29, 0.717) is 24.0 Å². The van der Waals surface area contributed by atoms with E-state index in [4.69, 9.17) is 5.73 Å². The maximum absolute atomic E-state index is 13.1. The van der Waals surface area contributed by atoms with Crippen molar-refractivity contribution >= 4 is 49.4 Å². The molecule has 5 rings (SSSR count). The van der Waals surface area contributed by atoms with E-state index in [0.717, 1.165) is 55.5 Å². The number of piperidine rings is 1. The predicted molar refractivity (Wildman–Crippen MR) is 146 cm³/mol. The molecule has 1 aliphatic rings. The zero-order chi connectivity index (χ0) is 25.1. The van der Waals surface area contributed by atoms with Crippen molar-refractivity contribution in [2.24, 2.45) is 0 Å². The molecule has 4 aromatic rings. The zero-order valence-electron chi connectivity index (χ0n) is 20.7. The highest BCUT2D eigenvalue weighted by Crippen LogP contribution is 2.32. The van der Waals surface area contributed by atoms with E-state index in [1.165, 1.54) is 33.5 Å². The van der Waals surface area contributed by atoms with Crippen LogP contribution < -0.4 is 11.1 Å². The molecular weight excluding hydrogens is 470 g/mol. The quantitative estimate of drug-likeness (QED) is 0.365. The van der Waals surface area contributed by atoms with Crippen molar-refractivity contribution in [3.05, 3.63) is 59.8 Å². The number of nitrogens with one attached hydrogen (secondary N) is 1. The molecule has 7 nitrogen and oxygen atoms in total. The molecule has 2 aromatic carbocycles. The van der Waals surface area contributed by atoms with Gasteiger partial charge in [-0.2, -0.15) is 0 Å². The lowest BCUT2D eigenvalue weighted by atomic mass is 9.94. The number of likely N-dealkylation sites (tertiary alicyclic amines) is 1. The third-order valence-corrected chi connectivity index (χ3v) is 7.92. The maximum Gasteiger partial charge on any atom is 0.222 e. The molecule has 0 saturated carbocycles. The fraction of sp³-hybridized carbons (Fsp3) is 0.393. The van der Waals surface area contributed by atoms with Gasteiger partial charge in [0.2, 0.25) is 11.8 Å². The SMILES string of the molecule is CC(=O)NCCn1c(C2CCCN(C(=O)CCCc3ccc4nc(N)sc4c3)C2)cc2ccccc21. The van der Waals surface area contributed by atoms with Crippen LogP contribution >= 0.6 is 11.3 Å². The van der Waals surface area contributed by atoms with Gasteiger partial charge in [-0.15, -0.1) is 0 Å². The van der Waals surface area contributed by atoms with Gasteiger partial charge in [0.15, 0.2) is 5.13 Å². The van der Waals surface area contributed by atoms with Crippen molar-refractivity contribution in [2.45, 2.75) is 51.5 Å². The summed E-state index contributed by atoms with van der Waals surface area (Å²) >= 11 is 1.50. The monoisotopic (exact) mass is 503 g/mol. The molecule has 1 aliphatic heterocycles. The number of para-hydroxylation sites is 1. The van der Waals surface area contributed by atoms with Gasteiger partial charge in [0.1, 0.15) is 0 Å². The molecule has 1 atom stereocenters. The Hall–Kier alpha value is -3.39. The topological polar surface area (TPSA) is 93.2 Å². The first-order valence-corrected chi connectivity index (χ1v) is 13.5. The van der Waals surface area contributed by atoms with Crippen LogP contribution in [-0.4, -0.2) is 45.9 Å². The molecule has 0 radical (unpaired) electrons. The lowest BCUT2D eigenvalue weighted by Gasteiger charge is -2.33. The van der Waals surface area contributed by atoms with Crippen LogP contribution in [0.5, 0.6) is 0 Å². The predicted octanol–water partition coefficient (Wildman–Crippen LogP) is 4.70. The molecule has 1 fully saturated rings. The van der Waals surface area contributed by atoms with Crippen molar-refractivity contribution in [1.29, 1.82) is 0 Å². The van der Waals surface area contributed by atoms with E-state index in [1.807, 2.05) is 6.07 Å². The highest BCUT2D eigenvalue weighted by Gasteiger charge is 2.27. The molecule has 36 heavy (non-hydrogen) atoms. The second kappa shape index (κ2) is 10.7. The minimum absolute atomic E-state index is 0.0152. The number of benzene rings is 2. The summed E-state index contributed by atoms with van der Waals surface area (Å²) in [7, 11) is 0. The molecule has 0 bridgehead atoms.